The number of aryl methyl sites for hydroxylation is 1. The minimum Gasteiger partial charge on any atom is -0.302 e. The predicted molar refractivity (Wildman–Crippen MR) is 100 cm³/mol. The molecule has 13 heteroatoms. The number of thiazole rings is 1. The minimum absolute atomic E-state index is 0.117. The number of hydrogen-bond acceptors (Lipinski definition) is 6. The van der Waals surface area contributed by atoms with Crippen LogP contribution in [0.1, 0.15) is 10.6 Å². The first-order valence-corrected chi connectivity index (χ1v) is 10.4. The first kappa shape index (κ1) is 21.2. The molecular weight excluding hydrogens is 433 g/mol. The molecule has 3 aromatic rings. The standard InChI is InChI=1S/C16H15F3N4O4S2/c1-22-8-12(14(24)23(2)15(22)25)29(26,27)20-6-5-13-21-10-7-9(16(17,18)19)3-4-11(10)28-13/h3-4,7-8,20H,5-6H2,1-2H3. The molecule has 0 fully saturated rings. The van der Waals surface area contributed by atoms with Crippen molar-refractivity contribution in [3.05, 3.63) is 55.8 Å². The number of fused-ring (bicyclic) bond motifs is 1. The Labute approximate surface area is 166 Å². The highest BCUT2D eigenvalue weighted by atomic mass is 32.2. The first-order chi connectivity index (χ1) is 13.4. The fourth-order valence-electron chi connectivity index (χ4n) is 2.59. The molecule has 0 saturated heterocycles. The molecule has 0 aliphatic heterocycles. The fraction of sp³-hybridized carbons (Fsp3) is 0.312. The summed E-state index contributed by atoms with van der Waals surface area (Å²) < 4.78 is 67.6. The van der Waals surface area contributed by atoms with Gasteiger partial charge < -0.3 is 4.57 Å². The van der Waals surface area contributed by atoms with Gasteiger partial charge in [-0.05, 0) is 18.2 Å². The maximum atomic E-state index is 12.8. The van der Waals surface area contributed by atoms with Crippen molar-refractivity contribution in [3.8, 4) is 0 Å². The molecule has 0 saturated carbocycles. The lowest BCUT2D eigenvalue weighted by Gasteiger charge is -2.08. The summed E-state index contributed by atoms with van der Waals surface area (Å²) in [5.41, 5.74) is -2.26. The molecular formula is C16H15F3N4O4S2. The van der Waals surface area contributed by atoms with Crippen LogP contribution >= 0.6 is 11.3 Å². The Balaban J connectivity index is 1.77. The summed E-state index contributed by atoms with van der Waals surface area (Å²) in [6.45, 7) is -0.125. The highest BCUT2D eigenvalue weighted by Gasteiger charge is 2.30. The average molecular weight is 448 g/mol. The van der Waals surface area contributed by atoms with Crippen LogP contribution in [0.2, 0.25) is 0 Å². The number of nitrogens with one attached hydrogen (secondary N) is 1. The molecule has 0 radical (unpaired) electrons. The van der Waals surface area contributed by atoms with Gasteiger partial charge >= 0.3 is 11.9 Å². The van der Waals surface area contributed by atoms with Crippen molar-refractivity contribution in [2.24, 2.45) is 14.1 Å². The zero-order valence-electron chi connectivity index (χ0n) is 15.1. The lowest BCUT2D eigenvalue weighted by molar-refractivity contribution is -0.137. The van der Waals surface area contributed by atoms with E-state index in [1.54, 1.807) is 0 Å². The number of halogens is 3. The molecule has 0 atom stereocenters. The third-order valence-electron chi connectivity index (χ3n) is 4.09. The minimum atomic E-state index is -4.48. The van der Waals surface area contributed by atoms with Gasteiger partial charge in [-0.2, -0.15) is 13.2 Å². The molecule has 1 aromatic carbocycles. The van der Waals surface area contributed by atoms with E-state index in [4.69, 9.17) is 0 Å². The second kappa shape index (κ2) is 7.39. The van der Waals surface area contributed by atoms with E-state index < -0.39 is 37.9 Å². The zero-order chi connectivity index (χ0) is 21.6. The molecule has 3 rings (SSSR count). The van der Waals surface area contributed by atoms with Crippen molar-refractivity contribution in [2.45, 2.75) is 17.5 Å². The van der Waals surface area contributed by atoms with Crippen LogP contribution in [0.4, 0.5) is 13.2 Å². The van der Waals surface area contributed by atoms with E-state index >= 15 is 0 Å². The maximum Gasteiger partial charge on any atom is 0.416 e. The van der Waals surface area contributed by atoms with Gasteiger partial charge in [0.15, 0.2) is 4.90 Å². The lowest BCUT2D eigenvalue weighted by atomic mass is 10.2. The Kier molecular flexibility index (Phi) is 5.40. The smallest absolute Gasteiger partial charge is 0.302 e. The van der Waals surface area contributed by atoms with E-state index in [-0.39, 0.29) is 18.5 Å². The molecule has 8 nitrogen and oxygen atoms in total. The molecule has 0 bridgehead atoms. The number of rotatable bonds is 5. The number of nitrogens with zero attached hydrogens (tertiary/aromatic N) is 3. The average Bonchev–Trinajstić information content (AvgIpc) is 3.03. The second-order valence-corrected chi connectivity index (χ2v) is 9.04. The van der Waals surface area contributed by atoms with E-state index in [0.717, 1.165) is 34.2 Å². The Bertz CT molecular complexity index is 1310. The van der Waals surface area contributed by atoms with Gasteiger partial charge in [0.25, 0.3) is 5.56 Å². The summed E-state index contributed by atoms with van der Waals surface area (Å²) in [7, 11) is -1.71. The third-order valence-corrected chi connectivity index (χ3v) is 6.63. The van der Waals surface area contributed by atoms with Crippen molar-refractivity contribution in [1.82, 2.24) is 18.8 Å². The molecule has 0 spiro atoms. The number of hydrogen-bond donors (Lipinski definition) is 1. The highest BCUT2D eigenvalue weighted by molar-refractivity contribution is 7.89. The third kappa shape index (κ3) is 4.26. The van der Waals surface area contributed by atoms with Crippen molar-refractivity contribution < 1.29 is 21.6 Å². The van der Waals surface area contributed by atoms with E-state index in [1.165, 1.54) is 20.2 Å². The van der Waals surface area contributed by atoms with E-state index in [1.807, 2.05) is 0 Å². The predicted octanol–water partition coefficient (Wildman–Crippen LogP) is 1.23. The van der Waals surface area contributed by atoms with Gasteiger partial charge in [-0.15, -0.1) is 11.3 Å². The van der Waals surface area contributed by atoms with Crippen LogP contribution < -0.4 is 16.0 Å². The fourth-order valence-corrected chi connectivity index (χ4v) is 4.73. The SMILES string of the molecule is Cn1cc(S(=O)(=O)NCCc2nc3cc(C(F)(F)F)ccc3s2)c(=O)n(C)c1=O. The topological polar surface area (TPSA) is 103 Å². The quantitative estimate of drug-likeness (QED) is 0.633. The van der Waals surface area contributed by atoms with Crippen LogP contribution in [-0.4, -0.2) is 29.1 Å². The molecule has 0 amide bonds. The van der Waals surface area contributed by atoms with Gasteiger partial charge in [-0.1, -0.05) is 0 Å². The van der Waals surface area contributed by atoms with Crippen molar-refractivity contribution in [3.63, 3.8) is 0 Å². The van der Waals surface area contributed by atoms with Gasteiger partial charge in [0.05, 0.1) is 20.8 Å². The molecule has 1 N–H and O–H groups in total. The number of alkyl halides is 3. The molecule has 29 heavy (non-hydrogen) atoms. The van der Waals surface area contributed by atoms with Crippen LogP contribution in [0, 0.1) is 0 Å². The van der Waals surface area contributed by atoms with Crippen LogP contribution in [-0.2, 0) is 36.7 Å². The maximum absolute atomic E-state index is 12.8. The summed E-state index contributed by atoms with van der Waals surface area (Å²) in [5.74, 6) is 0. The molecule has 0 aliphatic carbocycles. The van der Waals surface area contributed by atoms with Crippen LogP contribution in [0.15, 0.2) is 38.9 Å². The number of benzene rings is 1. The lowest BCUT2D eigenvalue weighted by Crippen LogP contribution is -2.41. The van der Waals surface area contributed by atoms with E-state index in [0.29, 0.717) is 14.3 Å². The molecule has 0 unspecified atom stereocenters. The van der Waals surface area contributed by atoms with Crippen molar-refractivity contribution in [2.75, 3.05) is 6.54 Å². The molecule has 156 valence electrons. The first-order valence-electron chi connectivity index (χ1n) is 8.13. The normalized spacial score (nSPS) is 12.6. The Morgan fingerprint density at radius 3 is 2.55 bits per heavy atom. The highest BCUT2D eigenvalue weighted by Crippen LogP contribution is 2.32. The zero-order valence-corrected chi connectivity index (χ0v) is 16.8. The van der Waals surface area contributed by atoms with Crippen molar-refractivity contribution in [1.29, 1.82) is 0 Å². The van der Waals surface area contributed by atoms with Gasteiger partial charge in [0.1, 0.15) is 0 Å². The summed E-state index contributed by atoms with van der Waals surface area (Å²) in [4.78, 5) is 27.3. The summed E-state index contributed by atoms with van der Waals surface area (Å²) in [5, 5.41) is 0.440. The Morgan fingerprint density at radius 1 is 1.21 bits per heavy atom. The summed E-state index contributed by atoms with van der Waals surface area (Å²) in [6, 6.07) is 3.22. The summed E-state index contributed by atoms with van der Waals surface area (Å²) in [6.07, 6.45) is -3.43. The Morgan fingerprint density at radius 2 is 1.90 bits per heavy atom. The largest absolute Gasteiger partial charge is 0.416 e. The van der Waals surface area contributed by atoms with Crippen LogP contribution in [0.25, 0.3) is 10.2 Å². The van der Waals surface area contributed by atoms with Gasteiger partial charge in [-0.25, -0.2) is 22.9 Å². The van der Waals surface area contributed by atoms with Gasteiger partial charge in [0, 0.05) is 33.3 Å². The van der Waals surface area contributed by atoms with E-state index in [2.05, 4.69) is 9.71 Å². The summed E-state index contributed by atoms with van der Waals surface area (Å²) >= 11 is 1.15. The Hall–Kier alpha value is -2.51. The van der Waals surface area contributed by atoms with Gasteiger partial charge in [0.2, 0.25) is 10.0 Å². The monoisotopic (exact) mass is 448 g/mol. The van der Waals surface area contributed by atoms with Crippen LogP contribution in [0.5, 0.6) is 0 Å². The molecule has 2 aromatic heterocycles. The van der Waals surface area contributed by atoms with Crippen LogP contribution in [0.3, 0.4) is 0 Å². The van der Waals surface area contributed by atoms with E-state index in [9.17, 15) is 31.2 Å². The van der Waals surface area contributed by atoms with Crippen molar-refractivity contribution >= 4 is 31.6 Å². The molecule has 2 heterocycles. The molecule has 0 aliphatic rings. The number of aromatic nitrogens is 3. The number of sulfonamides is 1. The second-order valence-electron chi connectivity index (χ2n) is 6.19. The van der Waals surface area contributed by atoms with Gasteiger partial charge in [-0.3, -0.25) is 9.36 Å².